The maximum Gasteiger partial charge on any atom is 0.0996 e. The lowest BCUT2D eigenvalue weighted by Crippen LogP contribution is -2.62. The van der Waals surface area contributed by atoms with Gasteiger partial charge in [-0.15, -0.1) is 0 Å². The van der Waals surface area contributed by atoms with Gasteiger partial charge in [0.2, 0.25) is 0 Å². The minimum absolute atomic E-state index is 0.0406. The maximum absolute atomic E-state index is 9.98. The van der Waals surface area contributed by atoms with E-state index in [4.69, 9.17) is 0 Å². The fourth-order valence-corrected chi connectivity index (χ4v) is 2.69. The molecule has 1 heterocycles. The molecule has 0 spiro atoms. The monoisotopic (exact) mass is 220 g/mol. The van der Waals surface area contributed by atoms with E-state index in [-0.39, 0.29) is 16.9 Å². The number of nitrogens with zero attached hydrogens (tertiary/aromatic N) is 1. The molecule has 3 atom stereocenters. The van der Waals surface area contributed by atoms with Crippen molar-refractivity contribution >= 4 is 6.21 Å². The Morgan fingerprint density at radius 3 is 2.75 bits per heavy atom. The minimum atomic E-state index is -0.0542. The normalized spacial score (nSPS) is 41.7. The van der Waals surface area contributed by atoms with Crippen molar-refractivity contribution in [2.45, 2.75) is 26.3 Å². The Hall–Kier alpha value is -1.09. The number of hydrogen-bond donors (Lipinski definition) is 2. The number of dihydropyridines is 1. The molecular weight excluding hydrogens is 200 g/mol. The molecule has 0 amide bonds. The van der Waals surface area contributed by atoms with Crippen LogP contribution < -0.4 is 5.32 Å². The van der Waals surface area contributed by atoms with Gasteiger partial charge >= 0.3 is 0 Å². The molecule has 0 radical (unpaired) electrons. The molecule has 3 heteroatoms. The summed E-state index contributed by atoms with van der Waals surface area (Å²) in [6.45, 7) is 8.07. The molecule has 0 fully saturated rings. The van der Waals surface area contributed by atoms with Gasteiger partial charge in [0.05, 0.1) is 5.76 Å². The lowest BCUT2D eigenvalue weighted by molar-refractivity contribution is 0.0986. The first-order valence-corrected chi connectivity index (χ1v) is 5.88. The van der Waals surface area contributed by atoms with Crippen LogP contribution in [-0.4, -0.2) is 29.9 Å². The van der Waals surface area contributed by atoms with Crippen LogP contribution in [0, 0.1) is 11.3 Å². The highest BCUT2D eigenvalue weighted by Crippen LogP contribution is 2.50. The first-order chi connectivity index (χ1) is 7.53. The molecule has 88 valence electrons. The Bertz CT molecular complexity index is 372. The fourth-order valence-electron chi connectivity index (χ4n) is 2.69. The molecular formula is C13H20N2O. The van der Waals surface area contributed by atoms with Crippen LogP contribution in [0.1, 0.15) is 20.8 Å². The quantitative estimate of drug-likeness (QED) is 0.715. The zero-order valence-corrected chi connectivity index (χ0v) is 10.2. The van der Waals surface area contributed by atoms with Crippen molar-refractivity contribution in [2.75, 3.05) is 13.1 Å². The second-order valence-corrected chi connectivity index (χ2v) is 5.01. The van der Waals surface area contributed by atoms with Crippen LogP contribution in [0.3, 0.4) is 0 Å². The van der Waals surface area contributed by atoms with E-state index in [0.29, 0.717) is 12.3 Å². The van der Waals surface area contributed by atoms with E-state index < -0.39 is 0 Å². The number of allylic oxidation sites excluding steroid dienone is 1. The Morgan fingerprint density at radius 1 is 1.50 bits per heavy atom. The second kappa shape index (κ2) is 3.74. The number of likely N-dealkylation sites (N-methyl/N-ethyl adjacent to an activating group) is 1. The van der Waals surface area contributed by atoms with Crippen molar-refractivity contribution in [1.82, 2.24) is 5.32 Å². The molecule has 2 aliphatic rings. The number of rotatable bonds is 3. The first-order valence-electron chi connectivity index (χ1n) is 5.88. The summed E-state index contributed by atoms with van der Waals surface area (Å²) >= 11 is 0. The standard InChI is InChI=1S/C13H20N2O/c1-4-15-13(3)7-6-12(13,2)10-9-14-8-5-11(10)16/h5-8,10,15-16H,4,9H2,1-3H3. The number of nitrogens with one attached hydrogen (secondary N) is 1. The average molecular weight is 220 g/mol. The third-order valence-electron chi connectivity index (χ3n) is 4.15. The number of aliphatic hydroxyl groups excluding tert-OH is 1. The molecule has 0 saturated carbocycles. The van der Waals surface area contributed by atoms with Crippen LogP contribution in [-0.2, 0) is 0 Å². The molecule has 0 aromatic rings. The summed E-state index contributed by atoms with van der Waals surface area (Å²) in [7, 11) is 0. The van der Waals surface area contributed by atoms with Crippen molar-refractivity contribution in [3.63, 3.8) is 0 Å². The molecule has 0 saturated heterocycles. The fraction of sp³-hybridized carbons (Fsp3) is 0.615. The zero-order chi connectivity index (χ0) is 11.8. The highest BCUT2D eigenvalue weighted by atomic mass is 16.3. The van der Waals surface area contributed by atoms with E-state index in [1.165, 1.54) is 0 Å². The Kier molecular flexibility index (Phi) is 2.66. The summed E-state index contributed by atoms with van der Waals surface area (Å²) < 4.78 is 0. The number of hydrogen-bond acceptors (Lipinski definition) is 3. The van der Waals surface area contributed by atoms with E-state index in [1.54, 1.807) is 12.3 Å². The Morgan fingerprint density at radius 2 is 2.25 bits per heavy atom. The van der Waals surface area contributed by atoms with E-state index in [1.807, 2.05) is 0 Å². The minimum Gasteiger partial charge on any atom is -0.512 e. The Labute approximate surface area is 97.0 Å². The molecule has 1 aliphatic carbocycles. The highest BCUT2D eigenvalue weighted by molar-refractivity contribution is 5.73. The first kappa shape index (κ1) is 11.4. The van der Waals surface area contributed by atoms with Crippen LogP contribution in [0.2, 0.25) is 0 Å². The van der Waals surface area contributed by atoms with E-state index in [0.717, 1.165) is 6.54 Å². The van der Waals surface area contributed by atoms with Gasteiger partial charge in [-0.3, -0.25) is 4.99 Å². The summed E-state index contributed by atoms with van der Waals surface area (Å²) in [4.78, 5) is 4.26. The predicted molar refractivity (Wildman–Crippen MR) is 66.9 cm³/mol. The molecule has 2 rings (SSSR count). The van der Waals surface area contributed by atoms with Gasteiger partial charge in [0.15, 0.2) is 0 Å². The summed E-state index contributed by atoms with van der Waals surface area (Å²) in [6.07, 6.45) is 7.76. The van der Waals surface area contributed by atoms with Gasteiger partial charge in [-0.05, 0) is 19.5 Å². The SMILES string of the molecule is CCNC1(C)C=CC1(C)C1CN=CC=C1O. The largest absolute Gasteiger partial charge is 0.512 e. The van der Waals surface area contributed by atoms with Gasteiger partial charge < -0.3 is 10.4 Å². The summed E-state index contributed by atoms with van der Waals surface area (Å²) in [5.41, 5.74) is -0.0948. The molecule has 3 nitrogen and oxygen atoms in total. The van der Waals surface area contributed by atoms with E-state index in [2.05, 4.69) is 43.2 Å². The number of aliphatic imine (C=N–C) groups is 1. The van der Waals surface area contributed by atoms with E-state index >= 15 is 0 Å². The predicted octanol–water partition coefficient (Wildman–Crippen LogP) is 2.07. The lowest BCUT2D eigenvalue weighted by Gasteiger charge is -2.54. The third-order valence-corrected chi connectivity index (χ3v) is 4.15. The van der Waals surface area contributed by atoms with Gasteiger partial charge in [-0.2, -0.15) is 0 Å². The van der Waals surface area contributed by atoms with Crippen LogP contribution in [0.4, 0.5) is 0 Å². The smallest absolute Gasteiger partial charge is 0.0996 e. The maximum atomic E-state index is 9.98. The van der Waals surface area contributed by atoms with Crippen molar-refractivity contribution < 1.29 is 5.11 Å². The van der Waals surface area contributed by atoms with Gasteiger partial charge in [0, 0.05) is 29.6 Å². The van der Waals surface area contributed by atoms with Crippen molar-refractivity contribution in [2.24, 2.45) is 16.3 Å². The third kappa shape index (κ3) is 1.42. The Balaban J connectivity index is 2.24. The molecule has 1 aliphatic heterocycles. The lowest BCUT2D eigenvalue weighted by atomic mass is 9.56. The van der Waals surface area contributed by atoms with Crippen molar-refractivity contribution in [3.05, 3.63) is 24.0 Å². The summed E-state index contributed by atoms with van der Waals surface area (Å²) in [6, 6.07) is 0. The van der Waals surface area contributed by atoms with Crippen molar-refractivity contribution in [3.8, 4) is 0 Å². The molecule has 2 N–H and O–H groups in total. The van der Waals surface area contributed by atoms with Gasteiger partial charge in [0.25, 0.3) is 0 Å². The molecule has 3 unspecified atom stereocenters. The van der Waals surface area contributed by atoms with Crippen LogP contribution >= 0.6 is 0 Å². The van der Waals surface area contributed by atoms with Gasteiger partial charge in [-0.1, -0.05) is 26.0 Å². The molecule has 0 aromatic heterocycles. The molecule has 16 heavy (non-hydrogen) atoms. The highest BCUT2D eigenvalue weighted by Gasteiger charge is 2.53. The number of aliphatic hydroxyl groups is 1. The topological polar surface area (TPSA) is 44.6 Å². The second-order valence-electron chi connectivity index (χ2n) is 5.01. The zero-order valence-electron chi connectivity index (χ0n) is 10.2. The van der Waals surface area contributed by atoms with Gasteiger partial charge in [0.1, 0.15) is 0 Å². The summed E-state index contributed by atoms with van der Waals surface area (Å²) in [5, 5.41) is 13.5. The van der Waals surface area contributed by atoms with Crippen LogP contribution in [0.15, 0.2) is 29.0 Å². The van der Waals surface area contributed by atoms with Crippen LogP contribution in [0.25, 0.3) is 0 Å². The molecule has 0 bridgehead atoms. The summed E-state index contributed by atoms with van der Waals surface area (Å²) in [5.74, 6) is 0.539. The average Bonchev–Trinajstić information content (AvgIpc) is 2.27. The van der Waals surface area contributed by atoms with Crippen molar-refractivity contribution in [1.29, 1.82) is 0 Å². The van der Waals surface area contributed by atoms with Gasteiger partial charge in [-0.25, -0.2) is 0 Å². The van der Waals surface area contributed by atoms with Crippen LogP contribution in [0.5, 0.6) is 0 Å². The molecule has 0 aromatic carbocycles. The van der Waals surface area contributed by atoms with E-state index in [9.17, 15) is 5.11 Å².